The molecule has 0 aliphatic carbocycles. The van der Waals surface area contributed by atoms with Crippen molar-refractivity contribution >= 4 is 46.3 Å². The normalized spacial score (nSPS) is 16.2. The number of methoxy groups -OCH3 is 2. The van der Waals surface area contributed by atoms with Crippen LogP contribution >= 0.6 is 24.0 Å². The smallest absolute Gasteiger partial charge is 0.327 e. The minimum absolute atomic E-state index is 0.165. The highest BCUT2D eigenvalue weighted by Gasteiger charge is 2.40. The summed E-state index contributed by atoms with van der Waals surface area (Å²) in [4.78, 5) is 26.4. The van der Waals surface area contributed by atoms with Crippen molar-refractivity contribution in [1.29, 1.82) is 0 Å². The van der Waals surface area contributed by atoms with E-state index in [2.05, 4.69) is 0 Å². The van der Waals surface area contributed by atoms with E-state index in [1.54, 1.807) is 31.4 Å². The van der Waals surface area contributed by atoms with Gasteiger partial charge in [0.15, 0.2) is 0 Å². The molecule has 150 valence electrons. The topological polar surface area (TPSA) is 76.1 Å². The van der Waals surface area contributed by atoms with Gasteiger partial charge in [0.25, 0.3) is 5.91 Å². The van der Waals surface area contributed by atoms with Gasteiger partial charge in [-0.2, -0.15) is 0 Å². The number of nitrogens with zero attached hydrogens (tertiary/aromatic N) is 1. The van der Waals surface area contributed by atoms with Gasteiger partial charge in [-0.1, -0.05) is 54.3 Å². The molecule has 8 heteroatoms. The molecular formula is C21H19NO5S2. The molecule has 1 atom stereocenters. The van der Waals surface area contributed by atoms with Crippen molar-refractivity contribution in [1.82, 2.24) is 4.90 Å². The average Bonchev–Trinajstić information content (AvgIpc) is 2.99. The zero-order valence-corrected chi connectivity index (χ0v) is 17.5. The van der Waals surface area contributed by atoms with Gasteiger partial charge in [-0.3, -0.25) is 9.69 Å². The standard InChI is InChI=1S/C21H19NO5S2/c1-26-15-8-9-17(27-2)14(11-15)12-18-19(23)22(21(28)29-18)16(20(24)25)10-13-6-4-3-5-7-13/h3-9,11-12,16H,10H2,1-2H3,(H,24,25)/b18-12+/t16-/m1/s1. The second-order valence-electron chi connectivity index (χ2n) is 6.20. The third-order valence-corrected chi connectivity index (χ3v) is 5.75. The molecule has 2 aromatic rings. The summed E-state index contributed by atoms with van der Waals surface area (Å²) >= 11 is 6.42. The van der Waals surface area contributed by atoms with Crippen LogP contribution in [0.25, 0.3) is 6.08 Å². The molecule has 3 rings (SSSR count). The Kier molecular flexibility index (Phi) is 6.56. The van der Waals surface area contributed by atoms with Crippen LogP contribution in [-0.2, 0) is 16.0 Å². The maximum atomic E-state index is 13.0. The lowest BCUT2D eigenvalue weighted by Crippen LogP contribution is -2.45. The van der Waals surface area contributed by atoms with Gasteiger partial charge in [0, 0.05) is 12.0 Å². The molecule has 0 bridgehead atoms. The summed E-state index contributed by atoms with van der Waals surface area (Å²) in [5, 5.41) is 9.74. The third-order valence-electron chi connectivity index (χ3n) is 4.42. The third kappa shape index (κ3) is 4.60. The van der Waals surface area contributed by atoms with E-state index in [0.717, 1.165) is 17.3 Å². The van der Waals surface area contributed by atoms with Gasteiger partial charge >= 0.3 is 5.97 Å². The summed E-state index contributed by atoms with van der Waals surface area (Å²) in [5.41, 5.74) is 1.45. The second kappa shape index (κ2) is 9.11. The van der Waals surface area contributed by atoms with E-state index in [1.807, 2.05) is 30.3 Å². The molecule has 0 saturated carbocycles. The van der Waals surface area contributed by atoms with Crippen LogP contribution in [0.3, 0.4) is 0 Å². The Morgan fingerprint density at radius 3 is 2.55 bits per heavy atom. The predicted molar refractivity (Wildman–Crippen MR) is 116 cm³/mol. The first-order valence-electron chi connectivity index (χ1n) is 8.70. The minimum Gasteiger partial charge on any atom is -0.497 e. The lowest BCUT2D eigenvalue weighted by molar-refractivity contribution is -0.145. The van der Waals surface area contributed by atoms with E-state index >= 15 is 0 Å². The maximum Gasteiger partial charge on any atom is 0.327 e. The SMILES string of the molecule is COc1ccc(OC)c(/C=C2/SC(=S)N([C@H](Cc3ccccc3)C(=O)O)C2=O)c1. The highest BCUT2D eigenvalue weighted by molar-refractivity contribution is 8.26. The minimum atomic E-state index is -1.11. The lowest BCUT2D eigenvalue weighted by Gasteiger charge is -2.23. The Balaban J connectivity index is 1.92. The zero-order valence-electron chi connectivity index (χ0n) is 15.8. The number of hydrogen-bond acceptors (Lipinski definition) is 6. The van der Waals surface area contributed by atoms with Crippen LogP contribution in [-0.4, -0.2) is 46.5 Å². The highest BCUT2D eigenvalue weighted by atomic mass is 32.2. The molecule has 1 aliphatic rings. The monoisotopic (exact) mass is 429 g/mol. The number of hydrogen-bond donors (Lipinski definition) is 1. The van der Waals surface area contributed by atoms with Crippen molar-refractivity contribution in [2.24, 2.45) is 0 Å². The van der Waals surface area contributed by atoms with Crippen LogP contribution in [0.5, 0.6) is 11.5 Å². The largest absolute Gasteiger partial charge is 0.497 e. The fourth-order valence-electron chi connectivity index (χ4n) is 2.97. The van der Waals surface area contributed by atoms with Crippen molar-refractivity contribution in [3.63, 3.8) is 0 Å². The highest BCUT2D eigenvalue weighted by Crippen LogP contribution is 2.36. The summed E-state index contributed by atoms with van der Waals surface area (Å²) in [5.74, 6) is -0.367. The van der Waals surface area contributed by atoms with Crippen LogP contribution in [0.15, 0.2) is 53.4 Å². The van der Waals surface area contributed by atoms with Crippen LogP contribution in [0.1, 0.15) is 11.1 Å². The maximum absolute atomic E-state index is 13.0. The number of thioether (sulfide) groups is 1. The molecule has 0 unspecified atom stereocenters. The molecule has 29 heavy (non-hydrogen) atoms. The number of carboxylic acid groups (broad SMARTS) is 1. The van der Waals surface area contributed by atoms with Gasteiger partial charge in [-0.25, -0.2) is 4.79 Å². The first kappa shape index (κ1) is 20.9. The molecule has 0 spiro atoms. The van der Waals surface area contributed by atoms with Gasteiger partial charge in [0.1, 0.15) is 21.9 Å². The fraction of sp³-hybridized carbons (Fsp3) is 0.190. The number of rotatable bonds is 7. The Hall–Kier alpha value is -2.84. The first-order valence-corrected chi connectivity index (χ1v) is 9.93. The quantitative estimate of drug-likeness (QED) is 0.532. The Morgan fingerprint density at radius 2 is 1.93 bits per heavy atom. The summed E-state index contributed by atoms with van der Waals surface area (Å²) in [6.07, 6.45) is 1.81. The van der Waals surface area contributed by atoms with E-state index in [0.29, 0.717) is 22.0 Å². The first-order chi connectivity index (χ1) is 13.9. The van der Waals surface area contributed by atoms with Crippen molar-refractivity contribution in [2.75, 3.05) is 14.2 Å². The predicted octanol–water partition coefficient (Wildman–Crippen LogP) is 3.60. The molecule has 1 saturated heterocycles. The molecule has 0 radical (unpaired) electrons. The molecular weight excluding hydrogens is 410 g/mol. The van der Waals surface area contributed by atoms with Crippen molar-refractivity contribution in [3.05, 3.63) is 64.6 Å². The lowest BCUT2D eigenvalue weighted by atomic mass is 10.0. The van der Waals surface area contributed by atoms with Gasteiger partial charge < -0.3 is 14.6 Å². The summed E-state index contributed by atoms with van der Waals surface area (Å²) < 4.78 is 10.8. The molecule has 6 nitrogen and oxygen atoms in total. The second-order valence-corrected chi connectivity index (χ2v) is 7.88. The number of ether oxygens (including phenoxy) is 2. The molecule has 2 aromatic carbocycles. The number of amides is 1. The van der Waals surface area contributed by atoms with E-state index < -0.39 is 17.9 Å². The molecule has 1 amide bonds. The number of carbonyl (C=O) groups is 2. The Bertz CT molecular complexity index is 974. The van der Waals surface area contributed by atoms with E-state index in [4.69, 9.17) is 21.7 Å². The average molecular weight is 430 g/mol. The van der Waals surface area contributed by atoms with Crippen LogP contribution in [0, 0.1) is 0 Å². The van der Waals surface area contributed by atoms with Crippen molar-refractivity contribution in [2.45, 2.75) is 12.5 Å². The molecule has 0 aromatic heterocycles. The Labute approximate surface area is 178 Å². The molecule has 1 heterocycles. The molecule has 1 aliphatic heterocycles. The zero-order chi connectivity index (χ0) is 21.0. The number of carbonyl (C=O) groups excluding carboxylic acids is 1. The number of aliphatic carboxylic acids is 1. The molecule has 1 N–H and O–H groups in total. The van der Waals surface area contributed by atoms with E-state index in [-0.39, 0.29) is 10.7 Å². The van der Waals surface area contributed by atoms with Gasteiger partial charge in [-0.15, -0.1) is 0 Å². The van der Waals surface area contributed by atoms with Gasteiger partial charge in [-0.05, 0) is 29.8 Å². The summed E-state index contributed by atoms with van der Waals surface area (Å²) in [6, 6.07) is 13.3. The van der Waals surface area contributed by atoms with Crippen molar-refractivity contribution < 1.29 is 24.2 Å². The number of carboxylic acids is 1. The number of benzene rings is 2. The van der Waals surface area contributed by atoms with Crippen LogP contribution in [0.2, 0.25) is 0 Å². The van der Waals surface area contributed by atoms with E-state index in [1.165, 1.54) is 12.0 Å². The fourth-order valence-corrected chi connectivity index (χ4v) is 4.32. The van der Waals surface area contributed by atoms with Crippen LogP contribution < -0.4 is 9.47 Å². The van der Waals surface area contributed by atoms with E-state index in [9.17, 15) is 14.7 Å². The van der Waals surface area contributed by atoms with Gasteiger partial charge in [0.05, 0.1) is 19.1 Å². The number of thiocarbonyl (C=S) groups is 1. The summed E-state index contributed by atoms with van der Waals surface area (Å²) in [7, 11) is 3.08. The van der Waals surface area contributed by atoms with Crippen molar-refractivity contribution in [3.8, 4) is 11.5 Å². The van der Waals surface area contributed by atoms with Gasteiger partial charge in [0.2, 0.25) is 0 Å². The molecule has 1 fully saturated rings. The van der Waals surface area contributed by atoms with Crippen LogP contribution in [0.4, 0.5) is 0 Å². The summed E-state index contributed by atoms with van der Waals surface area (Å²) in [6.45, 7) is 0. The Morgan fingerprint density at radius 1 is 1.21 bits per heavy atom.